The molecule has 0 atom stereocenters. The Morgan fingerprint density at radius 3 is 2.52 bits per heavy atom. The molecule has 0 radical (unpaired) electrons. The fourth-order valence-electron chi connectivity index (χ4n) is 1.91. The second-order valence-corrected chi connectivity index (χ2v) is 6.68. The van der Waals surface area contributed by atoms with Crippen LogP contribution in [0, 0.1) is 13.8 Å². The van der Waals surface area contributed by atoms with E-state index in [4.69, 9.17) is 5.11 Å². The second kappa shape index (κ2) is 6.32. The first-order valence-electron chi connectivity index (χ1n) is 6.22. The molecule has 6 heteroatoms. The van der Waals surface area contributed by atoms with Gasteiger partial charge in [0.05, 0.1) is 5.56 Å². The van der Waals surface area contributed by atoms with Gasteiger partial charge in [-0.15, -0.1) is 23.1 Å². The number of amides is 1. The lowest BCUT2D eigenvalue weighted by atomic mass is 10.1. The zero-order valence-electron chi connectivity index (χ0n) is 11.9. The molecule has 0 fully saturated rings. The van der Waals surface area contributed by atoms with Gasteiger partial charge in [0.2, 0.25) is 0 Å². The van der Waals surface area contributed by atoms with Crippen molar-refractivity contribution < 1.29 is 14.7 Å². The van der Waals surface area contributed by atoms with Crippen molar-refractivity contribution in [2.45, 2.75) is 18.7 Å². The molecular weight excluding hydrogens is 306 g/mol. The third-order valence-corrected chi connectivity index (χ3v) is 4.69. The minimum atomic E-state index is -1.04. The lowest BCUT2D eigenvalue weighted by Crippen LogP contribution is -2.14. The van der Waals surface area contributed by atoms with Crippen LogP contribution in [-0.2, 0) is 0 Å². The molecule has 4 nitrogen and oxygen atoms in total. The van der Waals surface area contributed by atoms with Crippen molar-refractivity contribution in [3.8, 4) is 0 Å². The number of hydrogen-bond donors (Lipinski definition) is 2. The lowest BCUT2D eigenvalue weighted by molar-refractivity contribution is 0.0698. The van der Waals surface area contributed by atoms with E-state index in [1.165, 1.54) is 11.3 Å². The first-order valence-corrected chi connectivity index (χ1v) is 8.26. The first-order chi connectivity index (χ1) is 9.92. The Balaban J connectivity index is 2.32. The molecule has 0 aliphatic rings. The van der Waals surface area contributed by atoms with Crippen molar-refractivity contribution in [3.05, 3.63) is 45.8 Å². The summed E-state index contributed by atoms with van der Waals surface area (Å²) in [5.74, 6) is -1.32. The van der Waals surface area contributed by atoms with Crippen LogP contribution in [0.15, 0.2) is 29.2 Å². The number of thiophene rings is 1. The predicted molar refractivity (Wildman–Crippen MR) is 86.9 cm³/mol. The number of hydrogen-bond acceptors (Lipinski definition) is 4. The van der Waals surface area contributed by atoms with Crippen LogP contribution < -0.4 is 5.32 Å². The van der Waals surface area contributed by atoms with E-state index in [1.807, 2.05) is 38.3 Å². The molecule has 1 amide bonds. The summed E-state index contributed by atoms with van der Waals surface area (Å²) in [6.45, 7) is 3.67. The molecule has 0 unspecified atom stereocenters. The van der Waals surface area contributed by atoms with E-state index in [0.717, 1.165) is 15.3 Å². The van der Waals surface area contributed by atoms with E-state index in [-0.39, 0.29) is 11.5 Å². The van der Waals surface area contributed by atoms with Crippen LogP contribution in [0.4, 0.5) is 5.00 Å². The van der Waals surface area contributed by atoms with Crippen LogP contribution in [-0.4, -0.2) is 23.2 Å². The normalized spacial score (nSPS) is 10.4. The highest BCUT2D eigenvalue weighted by Gasteiger charge is 2.17. The number of aromatic carboxylic acids is 1. The van der Waals surface area contributed by atoms with Gasteiger partial charge < -0.3 is 10.4 Å². The summed E-state index contributed by atoms with van der Waals surface area (Å²) in [7, 11) is 0. The second-order valence-electron chi connectivity index (χ2n) is 4.54. The molecule has 1 heterocycles. The van der Waals surface area contributed by atoms with Gasteiger partial charge in [0.25, 0.3) is 5.91 Å². The summed E-state index contributed by atoms with van der Waals surface area (Å²) >= 11 is 2.82. The smallest absolute Gasteiger partial charge is 0.338 e. The number of carboxylic acids is 1. The number of thioether (sulfide) groups is 1. The monoisotopic (exact) mass is 321 g/mol. The van der Waals surface area contributed by atoms with Gasteiger partial charge in [0.15, 0.2) is 0 Å². The summed E-state index contributed by atoms with van der Waals surface area (Å²) in [5.41, 5.74) is 1.55. The van der Waals surface area contributed by atoms with E-state index < -0.39 is 5.97 Å². The quantitative estimate of drug-likeness (QED) is 0.834. The van der Waals surface area contributed by atoms with Gasteiger partial charge in [-0.3, -0.25) is 4.79 Å². The standard InChI is InChI=1S/C15H15NO3S2/c1-8-4-5-10(20-3)7-11(8)13(17)16-14-12(15(18)19)6-9(2)21-14/h4-7H,1-3H3,(H,16,17)(H,18,19). The Kier molecular flexibility index (Phi) is 4.69. The van der Waals surface area contributed by atoms with Gasteiger partial charge in [-0.25, -0.2) is 4.79 Å². The maximum Gasteiger partial charge on any atom is 0.338 e. The SMILES string of the molecule is CSc1ccc(C)c(C(=O)Nc2sc(C)cc2C(=O)O)c1. The topological polar surface area (TPSA) is 66.4 Å². The van der Waals surface area contributed by atoms with Crippen molar-refractivity contribution in [1.82, 2.24) is 0 Å². The van der Waals surface area contributed by atoms with Crippen LogP contribution in [0.25, 0.3) is 0 Å². The molecule has 0 saturated heterocycles. The van der Waals surface area contributed by atoms with Gasteiger partial charge >= 0.3 is 5.97 Å². The molecule has 21 heavy (non-hydrogen) atoms. The van der Waals surface area contributed by atoms with Gasteiger partial charge in [-0.1, -0.05) is 6.07 Å². The van der Waals surface area contributed by atoms with Crippen LogP contribution in [0.5, 0.6) is 0 Å². The maximum absolute atomic E-state index is 12.4. The number of anilines is 1. The van der Waals surface area contributed by atoms with Crippen molar-refractivity contribution in [2.24, 2.45) is 0 Å². The molecule has 2 rings (SSSR count). The predicted octanol–water partition coefficient (Wildman–Crippen LogP) is 4.04. The first kappa shape index (κ1) is 15.6. The van der Waals surface area contributed by atoms with E-state index in [1.54, 1.807) is 17.8 Å². The summed E-state index contributed by atoms with van der Waals surface area (Å²) in [5, 5.41) is 12.2. The fraction of sp³-hybridized carbons (Fsp3) is 0.200. The van der Waals surface area contributed by atoms with Crippen molar-refractivity contribution in [3.63, 3.8) is 0 Å². The zero-order chi connectivity index (χ0) is 15.6. The average Bonchev–Trinajstić information content (AvgIpc) is 2.80. The molecule has 2 aromatic rings. The van der Waals surface area contributed by atoms with Crippen LogP contribution in [0.3, 0.4) is 0 Å². The minimum Gasteiger partial charge on any atom is -0.478 e. The number of benzene rings is 1. The summed E-state index contributed by atoms with van der Waals surface area (Å²) < 4.78 is 0. The molecule has 1 aromatic heterocycles. The Hall–Kier alpha value is -1.79. The third kappa shape index (κ3) is 3.46. The van der Waals surface area contributed by atoms with Gasteiger partial charge in [0, 0.05) is 15.3 Å². The molecule has 2 N–H and O–H groups in total. The Bertz CT molecular complexity index is 707. The number of carbonyl (C=O) groups excluding carboxylic acids is 1. The van der Waals surface area contributed by atoms with Gasteiger partial charge in [-0.05, 0) is 43.9 Å². The average molecular weight is 321 g/mol. The minimum absolute atomic E-state index is 0.129. The molecule has 0 aliphatic carbocycles. The van der Waals surface area contributed by atoms with Crippen molar-refractivity contribution in [2.75, 3.05) is 11.6 Å². The molecule has 0 bridgehead atoms. The highest BCUT2D eigenvalue weighted by molar-refractivity contribution is 7.98. The number of rotatable bonds is 4. The molecular formula is C15H15NO3S2. The van der Waals surface area contributed by atoms with E-state index >= 15 is 0 Å². The molecule has 1 aromatic carbocycles. The largest absolute Gasteiger partial charge is 0.478 e. The highest BCUT2D eigenvalue weighted by atomic mass is 32.2. The Morgan fingerprint density at radius 2 is 1.90 bits per heavy atom. The van der Waals surface area contributed by atoms with Crippen LogP contribution in [0.1, 0.15) is 31.2 Å². The number of carbonyl (C=O) groups is 2. The molecule has 0 saturated carbocycles. The molecule has 0 aliphatic heterocycles. The Morgan fingerprint density at radius 1 is 1.19 bits per heavy atom. The fourth-order valence-corrected chi connectivity index (χ4v) is 3.25. The van der Waals surface area contributed by atoms with E-state index in [0.29, 0.717) is 10.6 Å². The maximum atomic E-state index is 12.4. The lowest BCUT2D eigenvalue weighted by Gasteiger charge is -2.08. The van der Waals surface area contributed by atoms with Crippen LogP contribution in [0.2, 0.25) is 0 Å². The van der Waals surface area contributed by atoms with E-state index in [2.05, 4.69) is 5.32 Å². The summed E-state index contributed by atoms with van der Waals surface area (Å²) in [4.78, 5) is 25.4. The van der Waals surface area contributed by atoms with E-state index in [9.17, 15) is 9.59 Å². The van der Waals surface area contributed by atoms with Gasteiger partial charge in [-0.2, -0.15) is 0 Å². The van der Waals surface area contributed by atoms with Crippen LogP contribution >= 0.6 is 23.1 Å². The van der Waals surface area contributed by atoms with Gasteiger partial charge in [0.1, 0.15) is 5.00 Å². The highest BCUT2D eigenvalue weighted by Crippen LogP contribution is 2.28. The Labute approximate surface area is 131 Å². The third-order valence-electron chi connectivity index (χ3n) is 3.00. The summed E-state index contributed by atoms with van der Waals surface area (Å²) in [6.07, 6.45) is 1.94. The number of carboxylic acid groups (broad SMARTS) is 1. The number of nitrogens with one attached hydrogen (secondary N) is 1. The summed E-state index contributed by atoms with van der Waals surface area (Å²) in [6, 6.07) is 7.22. The number of aryl methyl sites for hydroxylation is 2. The van der Waals surface area contributed by atoms with Crippen molar-refractivity contribution >= 4 is 40.0 Å². The molecule has 0 spiro atoms. The zero-order valence-corrected chi connectivity index (χ0v) is 13.5. The van der Waals surface area contributed by atoms with Crippen molar-refractivity contribution in [1.29, 1.82) is 0 Å². The molecule has 110 valence electrons.